The minimum Gasteiger partial charge on any atom is -0.397 e. The predicted molar refractivity (Wildman–Crippen MR) is 56.1 cm³/mol. The van der Waals surface area contributed by atoms with Gasteiger partial charge in [-0.15, -0.1) is 0 Å². The first-order chi connectivity index (χ1) is 7.99. The van der Waals surface area contributed by atoms with Gasteiger partial charge in [0.15, 0.2) is 11.6 Å². The molecule has 1 saturated heterocycles. The summed E-state index contributed by atoms with van der Waals surface area (Å²) in [7, 11) is 0. The van der Waals surface area contributed by atoms with Gasteiger partial charge in [-0.2, -0.15) is 0 Å². The van der Waals surface area contributed by atoms with Crippen molar-refractivity contribution in [3.63, 3.8) is 0 Å². The molecule has 17 heavy (non-hydrogen) atoms. The lowest BCUT2D eigenvalue weighted by Gasteiger charge is -2.28. The average Bonchev–Trinajstić information content (AvgIpc) is 2.23. The van der Waals surface area contributed by atoms with E-state index in [1.165, 1.54) is 6.07 Å². The molecule has 5 nitrogen and oxygen atoms in total. The molecule has 1 heterocycles. The van der Waals surface area contributed by atoms with Gasteiger partial charge in [-0.25, -0.2) is 8.78 Å². The zero-order valence-corrected chi connectivity index (χ0v) is 8.67. The van der Waals surface area contributed by atoms with Gasteiger partial charge in [-0.05, 0) is 12.1 Å². The Kier molecular flexibility index (Phi) is 2.66. The quantitative estimate of drug-likeness (QED) is 0.536. The molecule has 2 rings (SSSR count). The van der Waals surface area contributed by atoms with E-state index in [1.807, 2.05) is 0 Å². The molecule has 1 aromatic rings. The Labute approximate surface area is 95.2 Å². The number of imide groups is 1. The van der Waals surface area contributed by atoms with Crippen molar-refractivity contribution in [2.24, 2.45) is 0 Å². The van der Waals surface area contributed by atoms with Crippen LogP contribution in [-0.2, 0) is 9.59 Å². The summed E-state index contributed by atoms with van der Waals surface area (Å²) in [6.45, 7) is -0.480. The minimum absolute atomic E-state index is 0.0219. The molecule has 0 bridgehead atoms. The number of nitrogens with two attached hydrogens (primary N) is 1. The lowest BCUT2D eigenvalue weighted by atomic mass is 10.2. The highest BCUT2D eigenvalue weighted by atomic mass is 19.2. The molecular weight excluding hydrogens is 232 g/mol. The lowest BCUT2D eigenvalue weighted by Crippen LogP contribution is -2.52. The molecule has 0 atom stereocenters. The molecule has 1 fully saturated rings. The Morgan fingerprint density at radius 3 is 2.35 bits per heavy atom. The van der Waals surface area contributed by atoms with Crippen LogP contribution in [0.5, 0.6) is 0 Å². The average molecular weight is 241 g/mol. The topological polar surface area (TPSA) is 75.4 Å². The SMILES string of the molecule is Nc1ccc(F)c(F)c1N1CC(=O)NC(=O)C1. The van der Waals surface area contributed by atoms with Crippen LogP contribution in [0.4, 0.5) is 20.2 Å². The second-order valence-electron chi connectivity index (χ2n) is 3.63. The fourth-order valence-electron chi connectivity index (χ4n) is 1.67. The second-order valence-corrected chi connectivity index (χ2v) is 3.63. The van der Waals surface area contributed by atoms with E-state index < -0.39 is 23.4 Å². The van der Waals surface area contributed by atoms with Crippen LogP contribution in [0.25, 0.3) is 0 Å². The monoisotopic (exact) mass is 241 g/mol. The highest BCUT2D eigenvalue weighted by Gasteiger charge is 2.27. The summed E-state index contributed by atoms with van der Waals surface area (Å²) in [6, 6.07) is 2.07. The predicted octanol–water partition coefficient (Wildman–Crippen LogP) is 0.00980. The third-order valence-corrected chi connectivity index (χ3v) is 2.36. The number of hydrogen-bond donors (Lipinski definition) is 2. The van der Waals surface area contributed by atoms with E-state index >= 15 is 0 Å². The van der Waals surface area contributed by atoms with Gasteiger partial charge < -0.3 is 10.6 Å². The Balaban J connectivity index is 2.43. The molecule has 7 heteroatoms. The molecule has 3 N–H and O–H groups in total. The molecular formula is C10H9F2N3O2. The number of halogens is 2. The molecule has 1 aliphatic heterocycles. The first-order valence-corrected chi connectivity index (χ1v) is 4.80. The smallest absolute Gasteiger partial charge is 0.246 e. The summed E-state index contributed by atoms with van der Waals surface area (Å²) in [6.07, 6.45) is 0. The van der Waals surface area contributed by atoms with Crippen LogP contribution >= 0.6 is 0 Å². The van der Waals surface area contributed by atoms with Crippen molar-refractivity contribution in [2.45, 2.75) is 0 Å². The van der Waals surface area contributed by atoms with E-state index in [-0.39, 0.29) is 24.5 Å². The van der Waals surface area contributed by atoms with Gasteiger partial charge in [0.25, 0.3) is 0 Å². The standard InChI is InChI=1S/C10H9F2N3O2/c11-5-1-2-6(13)10(9(5)12)15-3-7(16)14-8(17)4-15/h1-2H,3-4,13H2,(H,14,16,17). The van der Waals surface area contributed by atoms with Crippen molar-refractivity contribution in [2.75, 3.05) is 23.7 Å². The van der Waals surface area contributed by atoms with E-state index in [4.69, 9.17) is 5.73 Å². The molecule has 1 aromatic carbocycles. The van der Waals surface area contributed by atoms with E-state index in [1.54, 1.807) is 0 Å². The molecule has 0 radical (unpaired) electrons. The Bertz CT molecular complexity index is 489. The molecule has 0 spiro atoms. The molecule has 1 aliphatic rings. The van der Waals surface area contributed by atoms with E-state index in [9.17, 15) is 18.4 Å². The fraction of sp³-hybridized carbons (Fsp3) is 0.200. The number of rotatable bonds is 1. The first kappa shape index (κ1) is 11.3. The number of nitrogens with zero attached hydrogens (tertiary/aromatic N) is 1. The van der Waals surface area contributed by atoms with Crippen molar-refractivity contribution in [1.29, 1.82) is 0 Å². The minimum atomic E-state index is -1.16. The summed E-state index contributed by atoms with van der Waals surface area (Å²) >= 11 is 0. The summed E-state index contributed by atoms with van der Waals surface area (Å²) in [4.78, 5) is 23.4. The van der Waals surface area contributed by atoms with Gasteiger partial charge in [0.2, 0.25) is 11.8 Å². The van der Waals surface area contributed by atoms with E-state index in [0.29, 0.717) is 0 Å². The van der Waals surface area contributed by atoms with Crippen LogP contribution in [0.3, 0.4) is 0 Å². The van der Waals surface area contributed by atoms with Crippen molar-refractivity contribution >= 4 is 23.2 Å². The number of carbonyl (C=O) groups is 2. The molecule has 0 aliphatic carbocycles. The normalized spacial score (nSPS) is 16.0. The number of benzene rings is 1. The van der Waals surface area contributed by atoms with Crippen molar-refractivity contribution < 1.29 is 18.4 Å². The number of piperazine rings is 1. The van der Waals surface area contributed by atoms with Crippen molar-refractivity contribution in [3.05, 3.63) is 23.8 Å². The van der Waals surface area contributed by atoms with Gasteiger partial charge >= 0.3 is 0 Å². The van der Waals surface area contributed by atoms with Gasteiger partial charge in [-0.1, -0.05) is 0 Å². The summed E-state index contributed by atoms with van der Waals surface area (Å²) in [5.41, 5.74) is 5.24. The molecule has 0 aromatic heterocycles. The van der Waals surface area contributed by atoms with Crippen molar-refractivity contribution in [3.8, 4) is 0 Å². The lowest BCUT2D eigenvalue weighted by molar-refractivity contribution is -0.130. The zero-order valence-electron chi connectivity index (χ0n) is 8.67. The zero-order chi connectivity index (χ0) is 12.6. The van der Waals surface area contributed by atoms with Crippen LogP contribution in [0.15, 0.2) is 12.1 Å². The first-order valence-electron chi connectivity index (χ1n) is 4.80. The third kappa shape index (κ3) is 2.03. The third-order valence-electron chi connectivity index (χ3n) is 2.36. The molecule has 0 unspecified atom stereocenters. The fourth-order valence-corrected chi connectivity index (χ4v) is 1.67. The van der Waals surface area contributed by atoms with Crippen LogP contribution < -0.4 is 16.0 Å². The maximum atomic E-state index is 13.6. The Morgan fingerprint density at radius 2 is 1.76 bits per heavy atom. The molecule has 2 amide bonds. The number of nitrogen functional groups attached to an aromatic ring is 1. The number of anilines is 2. The molecule has 0 saturated carbocycles. The number of amides is 2. The largest absolute Gasteiger partial charge is 0.397 e. The van der Waals surface area contributed by atoms with Crippen LogP contribution in [0.2, 0.25) is 0 Å². The molecule has 90 valence electrons. The Morgan fingerprint density at radius 1 is 1.18 bits per heavy atom. The van der Waals surface area contributed by atoms with Gasteiger partial charge in [-0.3, -0.25) is 14.9 Å². The highest BCUT2D eigenvalue weighted by Crippen LogP contribution is 2.28. The van der Waals surface area contributed by atoms with Crippen LogP contribution in [0.1, 0.15) is 0 Å². The second kappa shape index (κ2) is 4.00. The van der Waals surface area contributed by atoms with E-state index in [0.717, 1.165) is 11.0 Å². The van der Waals surface area contributed by atoms with Crippen molar-refractivity contribution in [1.82, 2.24) is 5.32 Å². The van der Waals surface area contributed by atoms with Crippen LogP contribution in [0, 0.1) is 11.6 Å². The van der Waals surface area contributed by atoms with Gasteiger partial charge in [0, 0.05) is 0 Å². The maximum Gasteiger partial charge on any atom is 0.246 e. The van der Waals surface area contributed by atoms with Gasteiger partial charge in [0.05, 0.1) is 18.8 Å². The maximum absolute atomic E-state index is 13.6. The number of hydrogen-bond acceptors (Lipinski definition) is 4. The Hall–Kier alpha value is -2.18. The van der Waals surface area contributed by atoms with E-state index in [2.05, 4.69) is 5.32 Å². The van der Waals surface area contributed by atoms with Crippen LogP contribution in [-0.4, -0.2) is 24.9 Å². The summed E-state index contributed by atoms with van der Waals surface area (Å²) in [5, 5.41) is 2.06. The summed E-state index contributed by atoms with van der Waals surface area (Å²) < 4.78 is 26.6. The number of carbonyl (C=O) groups excluding carboxylic acids is 2. The summed E-state index contributed by atoms with van der Waals surface area (Å²) in [5.74, 6) is -3.39. The highest BCUT2D eigenvalue weighted by molar-refractivity contribution is 6.03. The number of nitrogens with one attached hydrogen (secondary N) is 1. The van der Waals surface area contributed by atoms with Gasteiger partial charge in [0.1, 0.15) is 5.69 Å².